The number of amides is 1. The average molecular weight is 274 g/mol. The van der Waals surface area contributed by atoms with Crippen molar-refractivity contribution in [3.8, 4) is 0 Å². The van der Waals surface area contributed by atoms with Gasteiger partial charge >= 0.3 is 12.1 Å². The van der Waals surface area contributed by atoms with E-state index in [9.17, 15) is 14.0 Å². The minimum Gasteiger partial charge on any atom is -0.479 e. The zero-order valence-corrected chi connectivity index (χ0v) is 11.3. The van der Waals surface area contributed by atoms with Crippen molar-refractivity contribution in [2.45, 2.75) is 32.0 Å². The summed E-state index contributed by atoms with van der Waals surface area (Å²) >= 11 is 0. The van der Waals surface area contributed by atoms with Crippen molar-refractivity contribution < 1.29 is 23.8 Å². The topological polar surface area (TPSA) is 78.9 Å². The van der Waals surface area contributed by atoms with E-state index in [-0.39, 0.29) is 26.2 Å². The first-order chi connectivity index (χ1) is 8.60. The standard InChI is InChI=1S/C12H19FN2O4/c1-10(2,3)19-9(18)15-6-11(7-15)4-14-5-12(11,13)8(16)17/h14H,4-7H2,1-3H3,(H,16,17). The van der Waals surface area contributed by atoms with Gasteiger partial charge in [0, 0.05) is 26.2 Å². The zero-order valence-electron chi connectivity index (χ0n) is 11.3. The lowest BCUT2D eigenvalue weighted by atomic mass is 9.69. The number of nitrogens with zero attached hydrogens (tertiary/aromatic N) is 1. The van der Waals surface area contributed by atoms with Crippen LogP contribution in [-0.2, 0) is 9.53 Å². The van der Waals surface area contributed by atoms with Crippen molar-refractivity contribution in [1.82, 2.24) is 10.2 Å². The van der Waals surface area contributed by atoms with Crippen LogP contribution >= 0.6 is 0 Å². The molecule has 1 spiro atoms. The Morgan fingerprint density at radius 2 is 1.89 bits per heavy atom. The summed E-state index contributed by atoms with van der Waals surface area (Å²) in [6.07, 6.45) is -0.530. The van der Waals surface area contributed by atoms with Gasteiger partial charge in [0.1, 0.15) is 5.60 Å². The molecule has 0 aliphatic carbocycles. The van der Waals surface area contributed by atoms with E-state index in [0.717, 1.165) is 0 Å². The first kappa shape index (κ1) is 14.0. The van der Waals surface area contributed by atoms with Gasteiger partial charge in [-0.25, -0.2) is 14.0 Å². The number of nitrogens with one attached hydrogen (secondary N) is 1. The van der Waals surface area contributed by atoms with Gasteiger partial charge in [-0.2, -0.15) is 0 Å². The quantitative estimate of drug-likeness (QED) is 0.733. The van der Waals surface area contributed by atoms with E-state index in [4.69, 9.17) is 9.84 Å². The molecular weight excluding hydrogens is 255 g/mol. The number of likely N-dealkylation sites (tertiary alicyclic amines) is 1. The molecule has 0 aromatic carbocycles. The number of aliphatic carboxylic acids is 1. The predicted octanol–water partition coefficient (Wildman–Crippen LogP) is 0.620. The van der Waals surface area contributed by atoms with Gasteiger partial charge in [0.05, 0.1) is 5.41 Å². The Labute approximate surface area is 110 Å². The van der Waals surface area contributed by atoms with Crippen LogP contribution in [0.1, 0.15) is 20.8 Å². The summed E-state index contributed by atoms with van der Waals surface area (Å²) in [4.78, 5) is 24.2. The van der Waals surface area contributed by atoms with Crippen LogP contribution in [-0.4, -0.2) is 59.5 Å². The molecule has 0 saturated carbocycles. The van der Waals surface area contributed by atoms with Gasteiger partial charge in [-0.15, -0.1) is 0 Å². The normalized spacial score (nSPS) is 29.2. The molecule has 0 radical (unpaired) electrons. The van der Waals surface area contributed by atoms with Crippen molar-refractivity contribution in [1.29, 1.82) is 0 Å². The highest BCUT2D eigenvalue weighted by Gasteiger charge is 2.67. The van der Waals surface area contributed by atoms with Crippen LogP contribution in [0.3, 0.4) is 0 Å². The van der Waals surface area contributed by atoms with Gasteiger partial charge < -0.3 is 20.1 Å². The van der Waals surface area contributed by atoms with Crippen LogP contribution < -0.4 is 5.32 Å². The Kier molecular flexibility index (Phi) is 3.00. The highest BCUT2D eigenvalue weighted by Crippen LogP contribution is 2.46. The molecule has 2 fully saturated rings. The van der Waals surface area contributed by atoms with Crippen LogP contribution in [0.2, 0.25) is 0 Å². The van der Waals surface area contributed by atoms with Gasteiger partial charge in [0.25, 0.3) is 0 Å². The fourth-order valence-corrected chi connectivity index (χ4v) is 2.61. The zero-order chi connectivity index (χ0) is 14.5. The third-order valence-electron chi connectivity index (χ3n) is 3.65. The molecule has 1 amide bonds. The summed E-state index contributed by atoms with van der Waals surface area (Å²) in [5.41, 5.74) is -3.96. The van der Waals surface area contributed by atoms with Gasteiger partial charge in [0.15, 0.2) is 0 Å². The fraction of sp³-hybridized carbons (Fsp3) is 0.833. The van der Waals surface area contributed by atoms with E-state index in [1.54, 1.807) is 20.8 Å². The second kappa shape index (κ2) is 4.06. The van der Waals surface area contributed by atoms with E-state index in [1.165, 1.54) is 4.90 Å². The lowest BCUT2D eigenvalue weighted by Crippen LogP contribution is -2.69. The molecule has 6 nitrogen and oxygen atoms in total. The van der Waals surface area contributed by atoms with E-state index in [1.807, 2.05) is 0 Å². The second-order valence-corrected chi connectivity index (χ2v) is 6.33. The van der Waals surface area contributed by atoms with Gasteiger partial charge in [-0.3, -0.25) is 0 Å². The highest BCUT2D eigenvalue weighted by molar-refractivity contribution is 5.81. The smallest absolute Gasteiger partial charge is 0.410 e. The summed E-state index contributed by atoms with van der Waals surface area (Å²) < 4.78 is 19.6. The van der Waals surface area contributed by atoms with Crippen molar-refractivity contribution in [3.63, 3.8) is 0 Å². The molecule has 2 N–H and O–H groups in total. The maximum Gasteiger partial charge on any atom is 0.410 e. The van der Waals surface area contributed by atoms with E-state index in [0.29, 0.717) is 0 Å². The largest absolute Gasteiger partial charge is 0.479 e. The van der Waals surface area contributed by atoms with Crippen LogP contribution in [0.15, 0.2) is 0 Å². The molecule has 1 atom stereocenters. The van der Waals surface area contributed by atoms with Crippen LogP contribution in [0.25, 0.3) is 0 Å². The van der Waals surface area contributed by atoms with Crippen molar-refractivity contribution in [2.75, 3.05) is 26.2 Å². The number of halogens is 1. The fourth-order valence-electron chi connectivity index (χ4n) is 2.61. The summed E-state index contributed by atoms with van der Waals surface area (Å²) in [5, 5.41) is 11.8. The molecule has 108 valence electrons. The summed E-state index contributed by atoms with van der Waals surface area (Å²) in [7, 11) is 0. The first-order valence-electron chi connectivity index (χ1n) is 6.21. The Morgan fingerprint density at radius 3 is 2.37 bits per heavy atom. The Hall–Kier alpha value is -1.37. The third kappa shape index (κ3) is 2.16. The molecule has 7 heteroatoms. The molecule has 2 saturated heterocycles. The second-order valence-electron chi connectivity index (χ2n) is 6.33. The third-order valence-corrected chi connectivity index (χ3v) is 3.65. The Bertz CT molecular complexity index is 414. The first-order valence-corrected chi connectivity index (χ1v) is 6.21. The number of hydrogen-bond donors (Lipinski definition) is 2. The van der Waals surface area contributed by atoms with Crippen molar-refractivity contribution in [3.05, 3.63) is 0 Å². The summed E-state index contributed by atoms with van der Waals surface area (Å²) in [5.74, 6) is -1.47. The minimum absolute atomic E-state index is 0.0672. The van der Waals surface area contributed by atoms with Crippen molar-refractivity contribution >= 4 is 12.1 Å². The van der Waals surface area contributed by atoms with Gasteiger partial charge in [0.2, 0.25) is 5.67 Å². The number of ether oxygens (including phenoxy) is 1. The van der Waals surface area contributed by atoms with Crippen molar-refractivity contribution in [2.24, 2.45) is 5.41 Å². The Balaban J connectivity index is 2.02. The molecule has 2 aliphatic rings. The minimum atomic E-state index is -2.31. The summed E-state index contributed by atoms with van der Waals surface area (Å²) in [6, 6.07) is 0. The molecule has 0 aromatic heterocycles. The molecule has 19 heavy (non-hydrogen) atoms. The number of carbonyl (C=O) groups excluding carboxylic acids is 1. The summed E-state index contributed by atoms with van der Waals surface area (Å²) in [6.45, 7) is 5.41. The van der Waals surface area contributed by atoms with Crippen LogP contribution in [0, 0.1) is 5.41 Å². The SMILES string of the molecule is CC(C)(C)OC(=O)N1CC2(CNCC2(F)C(=O)O)C1. The van der Waals surface area contributed by atoms with E-state index in [2.05, 4.69) is 5.32 Å². The number of carboxylic acid groups (broad SMARTS) is 1. The van der Waals surface area contributed by atoms with E-state index >= 15 is 0 Å². The average Bonchev–Trinajstić information content (AvgIpc) is 2.52. The molecule has 2 rings (SSSR count). The number of carbonyl (C=O) groups is 2. The van der Waals surface area contributed by atoms with Gasteiger partial charge in [-0.1, -0.05) is 0 Å². The molecule has 2 aliphatic heterocycles. The maximum atomic E-state index is 14.5. The lowest BCUT2D eigenvalue weighted by molar-refractivity contribution is -0.167. The monoisotopic (exact) mass is 274 g/mol. The maximum absolute atomic E-state index is 14.5. The predicted molar refractivity (Wildman–Crippen MR) is 64.6 cm³/mol. The van der Waals surface area contributed by atoms with Crippen LogP contribution in [0.4, 0.5) is 9.18 Å². The number of carboxylic acids is 1. The number of alkyl halides is 1. The van der Waals surface area contributed by atoms with E-state index < -0.39 is 28.7 Å². The molecule has 2 heterocycles. The Morgan fingerprint density at radius 1 is 1.32 bits per heavy atom. The van der Waals surface area contributed by atoms with Gasteiger partial charge in [-0.05, 0) is 20.8 Å². The molecule has 0 aromatic rings. The molecular formula is C12H19FN2O4. The lowest BCUT2D eigenvalue weighted by Gasteiger charge is -2.51. The van der Waals surface area contributed by atoms with Crippen LogP contribution in [0.5, 0.6) is 0 Å². The number of hydrogen-bond acceptors (Lipinski definition) is 4. The highest BCUT2D eigenvalue weighted by atomic mass is 19.1. The molecule has 0 bridgehead atoms. The number of rotatable bonds is 1. The molecule has 1 unspecified atom stereocenters.